The zero-order chi connectivity index (χ0) is 13.9. The monoisotopic (exact) mass is 265 g/mol. The Bertz CT molecular complexity index is 436. The Hall–Kier alpha value is -1.56. The van der Waals surface area contributed by atoms with Gasteiger partial charge in [0.25, 0.3) is 5.91 Å². The number of nitrogens with zero attached hydrogens (tertiary/aromatic N) is 2. The van der Waals surface area contributed by atoms with Crippen LogP contribution in [0.2, 0.25) is 0 Å². The lowest BCUT2D eigenvalue weighted by Crippen LogP contribution is -2.52. The molecule has 1 aliphatic carbocycles. The summed E-state index contributed by atoms with van der Waals surface area (Å²) >= 11 is 0. The number of H-pyrrole nitrogens is 1. The molecule has 0 aromatic carbocycles. The first kappa shape index (κ1) is 13.9. The van der Waals surface area contributed by atoms with Gasteiger partial charge in [0.1, 0.15) is 11.5 Å². The van der Waals surface area contributed by atoms with Crippen molar-refractivity contribution in [2.24, 2.45) is 0 Å². The summed E-state index contributed by atoms with van der Waals surface area (Å²) in [5.41, 5.74) is 6.03. The number of anilines is 1. The van der Waals surface area contributed by atoms with E-state index in [4.69, 9.17) is 5.73 Å². The van der Waals surface area contributed by atoms with Crippen molar-refractivity contribution < 1.29 is 4.79 Å². The summed E-state index contributed by atoms with van der Waals surface area (Å²) in [5, 5.41) is 9.41. The normalized spacial score (nSPS) is 17.8. The van der Waals surface area contributed by atoms with Crippen molar-refractivity contribution in [3.05, 3.63) is 11.8 Å². The van der Waals surface area contributed by atoms with Crippen LogP contribution in [0.1, 0.15) is 43.1 Å². The fourth-order valence-electron chi connectivity index (χ4n) is 2.86. The van der Waals surface area contributed by atoms with Gasteiger partial charge in [-0.15, -0.1) is 0 Å². The van der Waals surface area contributed by atoms with Crippen molar-refractivity contribution in [1.29, 1.82) is 0 Å². The number of nitrogens with one attached hydrogen (secondary N) is 2. The van der Waals surface area contributed by atoms with Crippen molar-refractivity contribution in [2.75, 3.05) is 25.9 Å². The molecule has 1 heterocycles. The number of carbonyl (C=O) groups excluding carboxylic acids is 1. The molecule has 0 radical (unpaired) electrons. The van der Waals surface area contributed by atoms with Crippen LogP contribution in [0.4, 0.5) is 5.82 Å². The fourth-order valence-corrected chi connectivity index (χ4v) is 2.86. The highest BCUT2D eigenvalue weighted by atomic mass is 16.1. The summed E-state index contributed by atoms with van der Waals surface area (Å²) in [6, 6.07) is 1.56. The lowest BCUT2D eigenvalue weighted by molar-refractivity contribution is 0.0870. The molecule has 106 valence electrons. The van der Waals surface area contributed by atoms with Gasteiger partial charge in [-0.1, -0.05) is 19.8 Å². The summed E-state index contributed by atoms with van der Waals surface area (Å²) in [6.07, 6.45) is 4.75. The van der Waals surface area contributed by atoms with E-state index in [1.54, 1.807) is 6.07 Å². The maximum atomic E-state index is 12.0. The van der Waals surface area contributed by atoms with Gasteiger partial charge in [-0.3, -0.25) is 14.8 Å². The summed E-state index contributed by atoms with van der Waals surface area (Å²) in [6.45, 7) is 3.82. The Balaban J connectivity index is 1.98. The second kappa shape index (κ2) is 5.61. The number of nitrogens with two attached hydrogens (primary N) is 1. The Morgan fingerprint density at radius 2 is 2.26 bits per heavy atom. The second-order valence-electron chi connectivity index (χ2n) is 5.33. The number of likely N-dealkylation sites (N-methyl/N-ethyl adjacent to an activating group) is 1. The predicted molar refractivity (Wildman–Crippen MR) is 74.8 cm³/mol. The maximum absolute atomic E-state index is 12.0. The van der Waals surface area contributed by atoms with Crippen LogP contribution in [-0.2, 0) is 0 Å². The average Bonchev–Trinajstić information content (AvgIpc) is 3.05. The first-order valence-electron chi connectivity index (χ1n) is 6.88. The van der Waals surface area contributed by atoms with E-state index in [0.29, 0.717) is 18.1 Å². The first-order chi connectivity index (χ1) is 9.07. The first-order valence-corrected chi connectivity index (χ1v) is 6.88. The van der Waals surface area contributed by atoms with E-state index in [0.717, 1.165) is 19.4 Å². The fraction of sp³-hybridized carbons (Fsp3) is 0.692. The van der Waals surface area contributed by atoms with Gasteiger partial charge in [-0.2, -0.15) is 5.10 Å². The molecule has 1 aromatic heterocycles. The molecule has 0 aliphatic heterocycles. The Morgan fingerprint density at radius 3 is 2.79 bits per heavy atom. The van der Waals surface area contributed by atoms with Crippen LogP contribution in [0.3, 0.4) is 0 Å². The Labute approximate surface area is 113 Å². The zero-order valence-electron chi connectivity index (χ0n) is 11.7. The van der Waals surface area contributed by atoms with Crippen LogP contribution >= 0.6 is 0 Å². The van der Waals surface area contributed by atoms with Crippen LogP contribution in [0.25, 0.3) is 0 Å². The summed E-state index contributed by atoms with van der Waals surface area (Å²) < 4.78 is 0. The standard InChI is InChI=1S/C13H23N5O/c1-3-18(2)13(6-4-5-7-13)9-15-12(19)10-8-11(14)17-16-10/h8H,3-7,9H2,1-2H3,(H,15,19)(H3,14,16,17). The van der Waals surface area contributed by atoms with E-state index in [-0.39, 0.29) is 11.4 Å². The zero-order valence-corrected chi connectivity index (χ0v) is 11.7. The third-order valence-corrected chi connectivity index (χ3v) is 4.24. The summed E-state index contributed by atoms with van der Waals surface area (Å²) in [5.74, 6) is 0.200. The molecule has 0 spiro atoms. The van der Waals surface area contributed by atoms with Crippen molar-refractivity contribution in [1.82, 2.24) is 20.4 Å². The topological polar surface area (TPSA) is 87.0 Å². The van der Waals surface area contributed by atoms with E-state index >= 15 is 0 Å². The molecule has 1 aromatic rings. The van der Waals surface area contributed by atoms with Crippen molar-refractivity contribution >= 4 is 11.7 Å². The highest BCUT2D eigenvalue weighted by Gasteiger charge is 2.37. The van der Waals surface area contributed by atoms with Gasteiger partial charge >= 0.3 is 0 Å². The van der Waals surface area contributed by atoms with Gasteiger partial charge in [0, 0.05) is 18.2 Å². The number of rotatable bonds is 5. The molecular weight excluding hydrogens is 242 g/mol. The van der Waals surface area contributed by atoms with Gasteiger partial charge in [0.15, 0.2) is 0 Å². The molecule has 1 amide bonds. The Kier molecular flexibility index (Phi) is 4.09. The number of carbonyl (C=O) groups is 1. The van der Waals surface area contributed by atoms with Crippen LogP contribution in [0, 0.1) is 0 Å². The SMILES string of the molecule is CCN(C)C1(CNC(=O)c2cc(N)n[nH]2)CCCC1. The lowest BCUT2D eigenvalue weighted by atomic mass is 9.95. The molecular formula is C13H23N5O. The summed E-state index contributed by atoms with van der Waals surface area (Å²) in [7, 11) is 2.13. The van der Waals surface area contributed by atoms with Crippen LogP contribution in [0.15, 0.2) is 6.07 Å². The van der Waals surface area contributed by atoms with Crippen LogP contribution in [-0.4, -0.2) is 46.7 Å². The molecule has 0 unspecified atom stereocenters. The third-order valence-electron chi connectivity index (χ3n) is 4.24. The molecule has 1 saturated carbocycles. The van der Waals surface area contributed by atoms with Gasteiger partial charge in [-0.05, 0) is 26.4 Å². The minimum atomic E-state index is -0.139. The number of aromatic nitrogens is 2. The number of nitrogen functional groups attached to an aromatic ring is 1. The molecule has 2 rings (SSSR count). The van der Waals surface area contributed by atoms with Gasteiger partial charge in [-0.25, -0.2) is 0 Å². The van der Waals surface area contributed by atoms with Gasteiger partial charge in [0.05, 0.1) is 0 Å². The molecule has 4 N–H and O–H groups in total. The van der Waals surface area contributed by atoms with E-state index in [9.17, 15) is 4.79 Å². The molecule has 6 nitrogen and oxygen atoms in total. The van der Waals surface area contributed by atoms with E-state index in [1.165, 1.54) is 12.8 Å². The van der Waals surface area contributed by atoms with E-state index in [2.05, 4.69) is 34.4 Å². The smallest absolute Gasteiger partial charge is 0.269 e. The van der Waals surface area contributed by atoms with Gasteiger partial charge < -0.3 is 11.1 Å². The molecule has 1 aliphatic rings. The van der Waals surface area contributed by atoms with Crippen molar-refractivity contribution in [3.63, 3.8) is 0 Å². The third kappa shape index (κ3) is 2.89. The second-order valence-corrected chi connectivity index (χ2v) is 5.33. The Morgan fingerprint density at radius 1 is 1.58 bits per heavy atom. The quantitative estimate of drug-likeness (QED) is 0.741. The number of amides is 1. The van der Waals surface area contributed by atoms with Crippen molar-refractivity contribution in [3.8, 4) is 0 Å². The largest absolute Gasteiger partial charge is 0.382 e. The number of hydrogen-bond donors (Lipinski definition) is 3. The average molecular weight is 265 g/mol. The van der Waals surface area contributed by atoms with Crippen LogP contribution < -0.4 is 11.1 Å². The highest BCUT2D eigenvalue weighted by molar-refractivity contribution is 5.92. The molecule has 0 bridgehead atoms. The molecule has 19 heavy (non-hydrogen) atoms. The van der Waals surface area contributed by atoms with E-state index < -0.39 is 0 Å². The maximum Gasteiger partial charge on any atom is 0.269 e. The number of aromatic amines is 1. The molecule has 6 heteroatoms. The predicted octanol–water partition coefficient (Wildman–Crippen LogP) is 0.986. The molecule has 1 fully saturated rings. The minimum absolute atomic E-state index is 0.107. The lowest BCUT2D eigenvalue weighted by Gasteiger charge is -2.38. The molecule has 0 saturated heterocycles. The van der Waals surface area contributed by atoms with Crippen molar-refractivity contribution in [2.45, 2.75) is 38.1 Å². The highest BCUT2D eigenvalue weighted by Crippen LogP contribution is 2.33. The van der Waals surface area contributed by atoms with E-state index in [1.807, 2.05) is 0 Å². The minimum Gasteiger partial charge on any atom is -0.382 e. The molecule has 0 atom stereocenters. The number of hydrogen-bond acceptors (Lipinski definition) is 4. The van der Waals surface area contributed by atoms with Gasteiger partial charge in [0.2, 0.25) is 0 Å². The van der Waals surface area contributed by atoms with Crippen LogP contribution in [0.5, 0.6) is 0 Å². The summed E-state index contributed by atoms with van der Waals surface area (Å²) in [4.78, 5) is 14.4.